The average Bonchev–Trinajstić information content (AvgIpc) is 3.32. The van der Waals surface area contributed by atoms with Crippen molar-refractivity contribution in [3.63, 3.8) is 0 Å². The van der Waals surface area contributed by atoms with Crippen molar-refractivity contribution in [1.29, 1.82) is 0 Å². The molecule has 2 nitrogen and oxygen atoms in total. The maximum atomic E-state index is 12.9. The Morgan fingerprint density at radius 1 is 0.955 bits per heavy atom. The first-order valence-corrected chi connectivity index (χ1v) is 9.58. The largest absolute Gasteiger partial charge is 0.459 e. The second-order valence-corrected chi connectivity index (χ2v) is 8.45. The van der Waals surface area contributed by atoms with Crippen molar-refractivity contribution in [2.24, 2.45) is 29.6 Å². The Balaban J connectivity index is 1.50. The molecule has 0 radical (unpaired) electrons. The van der Waals surface area contributed by atoms with Crippen LogP contribution in [0.4, 0.5) is 0 Å². The number of fused-ring (bicyclic) bond motifs is 2. The minimum atomic E-state index is -0.185. The summed E-state index contributed by atoms with van der Waals surface area (Å²) in [6.07, 6.45) is 17.1. The van der Waals surface area contributed by atoms with Crippen LogP contribution in [0.25, 0.3) is 0 Å². The molecule has 4 aliphatic carbocycles. The van der Waals surface area contributed by atoms with Crippen molar-refractivity contribution >= 4 is 5.97 Å². The molecule has 4 aliphatic rings. The number of rotatable bonds is 4. The summed E-state index contributed by atoms with van der Waals surface area (Å²) in [5.41, 5.74) is -0.185. The van der Waals surface area contributed by atoms with Gasteiger partial charge in [0.1, 0.15) is 5.60 Å². The molecular weight excluding hydrogens is 272 g/mol. The Morgan fingerprint density at radius 3 is 2.00 bits per heavy atom. The molecular formula is C20H30O2. The molecule has 0 spiro atoms. The van der Waals surface area contributed by atoms with Gasteiger partial charge in [0.05, 0.1) is 5.92 Å². The van der Waals surface area contributed by atoms with Gasteiger partial charge in [0.15, 0.2) is 0 Å². The van der Waals surface area contributed by atoms with E-state index in [2.05, 4.69) is 19.1 Å². The van der Waals surface area contributed by atoms with Gasteiger partial charge in [-0.05, 0) is 69.1 Å². The van der Waals surface area contributed by atoms with Crippen molar-refractivity contribution < 1.29 is 9.53 Å². The summed E-state index contributed by atoms with van der Waals surface area (Å²) in [7, 11) is 0. The number of hydrogen-bond acceptors (Lipinski definition) is 2. The summed E-state index contributed by atoms with van der Waals surface area (Å²) in [4.78, 5) is 12.9. The Kier molecular flexibility index (Phi) is 3.82. The van der Waals surface area contributed by atoms with Gasteiger partial charge in [-0.2, -0.15) is 0 Å². The van der Waals surface area contributed by atoms with Gasteiger partial charge in [-0.15, -0.1) is 0 Å². The highest BCUT2D eigenvalue weighted by atomic mass is 16.6. The third-order valence-corrected chi connectivity index (χ3v) is 7.23. The number of carbonyl (C=O) groups excluding carboxylic acids is 1. The number of ether oxygens (including phenoxy) is 1. The van der Waals surface area contributed by atoms with Crippen molar-refractivity contribution in [3.05, 3.63) is 12.2 Å². The van der Waals surface area contributed by atoms with Crippen LogP contribution >= 0.6 is 0 Å². The maximum absolute atomic E-state index is 12.9. The quantitative estimate of drug-likeness (QED) is 0.546. The Hall–Kier alpha value is -0.790. The highest BCUT2D eigenvalue weighted by molar-refractivity contribution is 5.74. The second-order valence-electron chi connectivity index (χ2n) is 8.45. The van der Waals surface area contributed by atoms with Crippen molar-refractivity contribution in [1.82, 2.24) is 0 Å². The lowest BCUT2D eigenvalue weighted by molar-refractivity contribution is -0.178. The van der Waals surface area contributed by atoms with E-state index in [0.717, 1.165) is 6.42 Å². The predicted octanol–water partition coefficient (Wildman–Crippen LogP) is 4.88. The molecule has 0 heterocycles. The lowest BCUT2D eigenvalue weighted by atomic mass is 9.76. The van der Waals surface area contributed by atoms with Gasteiger partial charge in [0.25, 0.3) is 0 Å². The zero-order valence-corrected chi connectivity index (χ0v) is 13.9. The summed E-state index contributed by atoms with van der Waals surface area (Å²) in [6, 6.07) is 0. The Labute approximate surface area is 134 Å². The van der Waals surface area contributed by atoms with E-state index in [0.29, 0.717) is 23.7 Å². The van der Waals surface area contributed by atoms with E-state index < -0.39 is 0 Å². The van der Waals surface area contributed by atoms with Crippen LogP contribution in [0.1, 0.15) is 71.1 Å². The van der Waals surface area contributed by atoms with Gasteiger partial charge in [-0.3, -0.25) is 4.79 Å². The predicted molar refractivity (Wildman–Crippen MR) is 87.3 cm³/mol. The highest BCUT2D eigenvalue weighted by Gasteiger charge is 2.49. The van der Waals surface area contributed by atoms with Crippen molar-refractivity contribution in [2.45, 2.75) is 76.7 Å². The van der Waals surface area contributed by atoms with Gasteiger partial charge in [-0.25, -0.2) is 0 Å². The summed E-state index contributed by atoms with van der Waals surface area (Å²) >= 11 is 0. The SMILES string of the molecule is CC(OC(=O)C1CC2C=CC1C2)(C1CCCC1)C1CCCC1. The van der Waals surface area contributed by atoms with E-state index in [1.54, 1.807) is 0 Å². The number of esters is 1. The van der Waals surface area contributed by atoms with Gasteiger partial charge in [-0.1, -0.05) is 37.8 Å². The molecule has 3 saturated carbocycles. The first-order valence-electron chi connectivity index (χ1n) is 9.58. The average molecular weight is 302 g/mol. The first kappa shape index (κ1) is 14.8. The molecule has 22 heavy (non-hydrogen) atoms. The van der Waals surface area contributed by atoms with Crippen LogP contribution in [0.2, 0.25) is 0 Å². The third kappa shape index (κ3) is 2.43. The van der Waals surface area contributed by atoms with Crippen LogP contribution in [0.5, 0.6) is 0 Å². The van der Waals surface area contributed by atoms with Crippen LogP contribution in [-0.4, -0.2) is 11.6 Å². The van der Waals surface area contributed by atoms with Gasteiger partial charge in [0, 0.05) is 0 Å². The van der Waals surface area contributed by atoms with Gasteiger partial charge < -0.3 is 4.74 Å². The fraction of sp³-hybridized carbons (Fsp3) is 0.850. The number of hydrogen-bond donors (Lipinski definition) is 0. The fourth-order valence-corrected chi connectivity index (χ4v) is 5.84. The summed E-state index contributed by atoms with van der Waals surface area (Å²) in [6.45, 7) is 2.28. The molecule has 0 aromatic carbocycles. The molecule has 4 rings (SSSR count). The molecule has 3 atom stereocenters. The maximum Gasteiger partial charge on any atom is 0.310 e. The Bertz CT molecular complexity index is 438. The number of carbonyl (C=O) groups is 1. The highest BCUT2D eigenvalue weighted by Crippen LogP contribution is 2.49. The molecule has 122 valence electrons. The first-order chi connectivity index (χ1) is 10.7. The molecule has 0 aromatic rings. The molecule has 0 aliphatic heterocycles. The molecule has 0 amide bonds. The second kappa shape index (κ2) is 5.69. The molecule has 2 heteroatoms. The van der Waals surface area contributed by atoms with Crippen LogP contribution in [0.3, 0.4) is 0 Å². The van der Waals surface area contributed by atoms with Crippen molar-refractivity contribution in [3.8, 4) is 0 Å². The standard InChI is InChI=1S/C20H30O2/c1-20(16-6-2-3-7-16,17-8-4-5-9-17)22-19(21)18-13-14-10-11-15(18)12-14/h10-11,14-18H,2-9,12-13H2,1H3. The topological polar surface area (TPSA) is 26.3 Å². The van der Waals surface area contributed by atoms with E-state index in [1.165, 1.54) is 57.8 Å². The molecule has 2 bridgehead atoms. The Morgan fingerprint density at radius 2 is 1.55 bits per heavy atom. The van der Waals surface area contributed by atoms with Gasteiger partial charge in [0.2, 0.25) is 0 Å². The lowest BCUT2D eigenvalue weighted by Gasteiger charge is -2.41. The minimum Gasteiger partial charge on any atom is -0.459 e. The minimum absolute atomic E-state index is 0.123. The smallest absolute Gasteiger partial charge is 0.310 e. The van der Waals surface area contributed by atoms with Crippen LogP contribution in [0, 0.1) is 29.6 Å². The molecule has 3 fully saturated rings. The summed E-state index contributed by atoms with van der Waals surface area (Å²) in [5.74, 6) is 2.60. The van der Waals surface area contributed by atoms with Crippen LogP contribution in [-0.2, 0) is 9.53 Å². The third-order valence-electron chi connectivity index (χ3n) is 7.23. The normalized spacial score (nSPS) is 35.6. The van der Waals surface area contributed by atoms with Crippen LogP contribution < -0.4 is 0 Å². The van der Waals surface area contributed by atoms with E-state index >= 15 is 0 Å². The van der Waals surface area contributed by atoms with Crippen molar-refractivity contribution in [2.75, 3.05) is 0 Å². The van der Waals surface area contributed by atoms with E-state index in [-0.39, 0.29) is 17.5 Å². The number of allylic oxidation sites excluding steroid dienone is 2. The van der Waals surface area contributed by atoms with E-state index in [4.69, 9.17) is 4.74 Å². The molecule has 0 aromatic heterocycles. The summed E-state index contributed by atoms with van der Waals surface area (Å²) in [5, 5.41) is 0. The van der Waals surface area contributed by atoms with E-state index in [1.807, 2.05) is 0 Å². The molecule has 0 N–H and O–H groups in total. The zero-order chi connectivity index (χ0) is 15.2. The monoisotopic (exact) mass is 302 g/mol. The molecule has 3 unspecified atom stereocenters. The lowest BCUT2D eigenvalue weighted by Crippen LogP contribution is -2.46. The summed E-state index contributed by atoms with van der Waals surface area (Å²) < 4.78 is 6.37. The van der Waals surface area contributed by atoms with Crippen LogP contribution in [0.15, 0.2) is 12.2 Å². The zero-order valence-electron chi connectivity index (χ0n) is 13.9. The fourth-order valence-electron chi connectivity index (χ4n) is 5.84. The molecule has 0 saturated heterocycles. The van der Waals surface area contributed by atoms with E-state index in [9.17, 15) is 4.79 Å². The van der Waals surface area contributed by atoms with Gasteiger partial charge >= 0.3 is 5.97 Å².